The highest BCUT2D eigenvalue weighted by molar-refractivity contribution is 7.21. The predicted octanol–water partition coefficient (Wildman–Crippen LogP) is 7.01. The number of pyridine rings is 1. The summed E-state index contributed by atoms with van der Waals surface area (Å²) in [5, 5.41) is 6.79. The van der Waals surface area contributed by atoms with Gasteiger partial charge in [0.1, 0.15) is 21.2 Å². The Morgan fingerprint density at radius 1 is 1.12 bits per heavy atom. The summed E-state index contributed by atoms with van der Waals surface area (Å²) in [4.78, 5) is 48.8. The van der Waals surface area contributed by atoms with Crippen molar-refractivity contribution in [2.24, 2.45) is 5.92 Å². The van der Waals surface area contributed by atoms with Crippen LogP contribution in [0.2, 0.25) is 0 Å². The first-order valence-corrected chi connectivity index (χ1v) is 15.2. The van der Waals surface area contributed by atoms with Gasteiger partial charge in [-0.1, -0.05) is 38.1 Å². The van der Waals surface area contributed by atoms with Crippen LogP contribution >= 0.6 is 11.3 Å². The molecule has 0 radical (unpaired) electrons. The number of nitrogens with zero attached hydrogens (tertiary/aromatic N) is 3. The zero-order valence-corrected chi connectivity index (χ0v) is 25.1. The normalized spacial score (nSPS) is 16.6. The molecule has 2 aliphatic rings. The van der Waals surface area contributed by atoms with Crippen molar-refractivity contribution >= 4 is 56.5 Å². The average Bonchev–Trinajstić information content (AvgIpc) is 3.37. The van der Waals surface area contributed by atoms with Gasteiger partial charge in [-0.05, 0) is 73.7 Å². The summed E-state index contributed by atoms with van der Waals surface area (Å²) < 4.78 is 5.98. The Kier molecular flexibility index (Phi) is 7.86. The van der Waals surface area contributed by atoms with E-state index in [2.05, 4.69) is 15.6 Å². The number of thiophene rings is 1. The van der Waals surface area contributed by atoms with E-state index in [1.54, 1.807) is 28.1 Å². The minimum atomic E-state index is -0.362. The van der Waals surface area contributed by atoms with Gasteiger partial charge in [0.2, 0.25) is 5.91 Å². The fourth-order valence-electron chi connectivity index (χ4n) is 5.48. The summed E-state index contributed by atoms with van der Waals surface area (Å²) in [6.45, 7) is 7.09. The minimum Gasteiger partial charge on any atom is -0.457 e. The molecule has 0 spiro atoms. The first-order valence-electron chi connectivity index (χ1n) is 14.4. The fourth-order valence-corrected chi connectivity index (χ4v) is 6.50. The topological polar surface area (TPSA) is 104 Å². The molecular weight excluding hydrogens is 562 g/mol. The zero-order chi connectivity index (χ0) is 30.1. The molecular formula is C33H33N5O4S. The molecule has 1 unspecified atom stereocenters. The second-order valence-corrected chi connectivity index (χ2v) is 12.1. The molecule has 43 heavy (non-hydrogen) atoms. The molecule has 1 saturated heterocycles. The number of nitrogens with one attached hydrogen (secondary N) is 2. The molecule has 2 aromatic heterocycles. The van der Waals surface area contributed by atoms with Gasteiger partial charge in [-0.3, -0.25) is 14.5 Å². The lowest BCUT2D eigenvalue weighted by atomic mass is 10.0. The van der Waals surface area contributed by atoms with Crippen LogP contribution in [-0.2, 0) is 4.79 Å². The number of carbonyl (C=O) groups excluding carboxylic acids is 3. The van der Waals surface area contributed by atoms with Crippen molar-refractivity contribution in [3.63, 3.8) is 0 Å². The number of hydrogen-bond donors (Lipinski definition) is 2. The standard InChI is InChI=1S/C33H33N5O4S/c1-20(2)11-14-27(39)37-17-7-8-22(19-37)35-31(40)30-29-28-26(15-16-34-32(28)43-30)38(33(41)36-29)25-13-12-24(18-21(25)3)42-23-9-5-4-6-10-23/h4-6,9-16,18,20,22H,7-8,17,19H2,1-3H3,(H,35,40)(H,36,41). The first kappa shape index (κ1) is 28.4. The van der Waals surface area contributed by atoms with E-state index in [0.29, 0.717) is 45.6 Å². The number of amides is 4. The fraction of sp³-hybridized carbons (Fsp3) is 0.273. The molecule has 4 aromatic rings. The number of hydrogen-bond acceptors (Lipinski definition) is 6. The SMILES string of the molecule is Cc1cc(Oc2ccccc2)ccc1N1C(=O)Nc2c(C(=O)NC3CCCN(C(=O)C=CC(C)C)C3)sc3nccc1c23. The number of piperidine rings is 1. The highest BCUT2D eigenvalue weighted by atomic mass is 32.1. The summed E-state index contributed by atoms with van der Waals surface area (Å²) in [6, 6.07) is 16.4. The number of para-hydroxylation sites is 1. The lowest BCUT2D eigenvalue weighted by molar-refractivity contribution is -0.127. The molecule has 220 valence electrons. The van der Waals surface area contributed by atoms with Gasteiger partial charge in [0, 0.05) is 25.3 Å². The van der Waals surface area contributed by atoms with E-state index >= 15 is 0 Å². The van der Waals surface area contributed by atoms with Crippen LogP contribution < -0.4 is 20.3 Å². The van der Waals surface area contributed by atoms with Crippen molar-refractivity contribution in [2.75, 3.05) is 23.3 Å². The molecule has 4 heterocycles. The molecule has 1 atom stereocenters. The number of carbonyl (C=O) groups is 3. The van der Waals surface area contributed by atoms with Crippen molar-refractivity contribution in [3.05, 3.63) is 83.4 Å². The second kappa shape index (κ2) is 11.9. The Hall–Kier alpha value is -4.70. The molecule has 4 amide bonds. The molecule has 9 nitrogen and oxygen atoms in total. The maximum absolute atomic E-state index is 13.6. The summed E-state index contributed by atoms with van der Waals surface area (Å²) in [5.41, 5.74) is 2.67. The number of anilines is 3. The first-order chi connectivity index (χ1) is 20.8. The van der Waals surface area contributed by atoms with Crippen molar-refractivity contribution in [1.82, 2.24) is 15.2 Å². The van der Waals surface area contributed by atoms with Crippen LogP contribution in [0.4, 0.5) is 21.9 Å². The molecule has 0 bridgehead atoms. The Morgan fingerprint density at radius 3 is 2.70 bits per heavy atom. The van der Waals surface area contributed by atoms with E-state index in [1.165, 1.54) is 11.3 Å². The number of benzene rings is 2. The van der Waals surface area contributed by atoms with Crippen LogP contribution in [0.25, 0.3) is 10.2 Å². The van der Waals surface area contributed by atoms with E-state index in [1.807, 2.05) is 75.4 Å². The molecule has 1 fully saturated rings. The lowest BCUT2D eigenvalue weighted by Gasteiger charge is -2.32. The van der Waals surface area contributed by atoms with Crippen molar-refractivity contribution in [3.8, 4) is 11.5 Å². The third-order valence-electron chi connectivity index (χ3n) is 7.53. The largest absolute Gasteiger partial charge is 0.457 e. The van der Waals surface area contributed by atoms with Crippen LogP contribution in [0.5, 0.6) is 11.5 Å². The van der Waals surface area contributed by atoms with E-state index in [-0.39, 0.29) is 29.8 Å². The van der Waals surface area contributed by atoms with E-state index < -0.39 is 0 Å². The molecule has 10 heteroatoms. The van der Waals surface area contributed by atoms with Crippen LogP contribution in [0, 0.1) is 12.8 Å². The number of likely N-dealkylation sites (tertiary alicyclic amines) is 1. The van der Waals surface area contributed by atoms with E-state index in [0.717, 1.165) is 29.5 Å². The summed E-state index contributed by atoms with van der Waals surface area (Å²) in [6.07, 6.45) is 6.74. The van der Waals surface area contributed by atoms with Crippen LogP contribution in [0.1, 0.15) is 41.9 Å². The van der Waals surface area contributed by atoms with Crippen LogP contribution in [0.3, 0.4) is 0 Å². The Morgan fingerprint density at radius 2 is 1.93 bits per heavy atom. The third kappa shape index (κ3) is 5.83. The quantitative estimate of drug-likeness (QED) is 0.224. The molecule has 0 saturated carbocycles. The number of ether oxygens (including phenoxy) is 1. The van der Waals surface area contributed by atoms with E-state index in [9.17, 15) is 14.4 Å². The highest BCUT2D eigenvalue weighted by Gasteiger charge is 2.34. The Bertz CT molecular complexity index is 1730. The summed E-state index contributed by atoms with van der Waals surface area (Å²) in [5.74, 6) is 1.36. The van der Waals surface area contributed by atoms with Gasteiger partial charge in [0.15, 0.2) is 0 Å². The Balaban J connectivity index is 1.25. The van der Waals surface area contributed by atoms with Gasteiger partial charge in [-0.25, -0.2) is 9.78 Å². The van der Waals surface area contributed by atoms with Gasteiger partial charge in [-0.2, -0.15) is 0 Å². The number of urea groups is 1. The average molecular weight is 596 g/mol. The predicted molar refractivity (Wildman–Crippen MR) is 170 cm³/mol. The number of aryl methyl sites for hydroxylation is 1. The van der Waals surface area contributed by atoms with Gasteiger partial charge < -0.3 is 20.3 Å². The van der Waals surface area contributed by atoms with Gasteiger partial charge in [-0.15, -0.1) is 11.3 Å². The van der Waals surface area contributed by atoms with Crippen molar-refractivity contribution in [2.45, 2.75) is 39.7 Å². The highest BCUT2D eigenvalue weighted by Crippen LogP contribution is 2.46. The van der Waals surface area contributed by atoms with Gasteiger partial charge >= 0.3 is 6.03 Å². The zero-order valence-electron chi connectivity index (χ0n) is 24.3. The third-order valence-corrected chi connectivity index (χ3v) is 8.63. The maximum atomic E-state index is 13.6. The Labute approximate surface area is 254 Å². The second-order valence-electron chi connectivity index (χ2n) is 11.1. The van der Waals surface area contributed by atoms with Crippen molar-refractivity contribution in [1.29, 1.82) is 0 Å². The number of aromatic nitrogens is 1. The van der Waals surface area contributed by atoms with Crippen LogP contribution in [0.15, 0.2) is 72.9 Å². The summed E-state index contributed by atoms with van der Waals surface area (Å²) in [7, 11) is 0. The summed E-state index contributed by atoms with van der Waals surface area (Å²) >= 11 is 1.25. The molecule has 2 N–H and O–H groups in total. The number of rotatable bonds is 7. The molecule has 2 aliphatic heterocycles. The monoisotopic (exact) mass is 595 g/mol. The van der Waals surface area contributed by atoms with Crippen molar-refractivity contribution < 1.29 is 19.1 Å². The van der Waals surface area contributed by atoms with Gasteiger partial charge in [0.25, 0.3) is 5.91 Å². The maximum Gasteiger partial charge on any atom is 0.331 e. The van der Waals surface area contributed by atoms with Gasteiger partial charge in [0.05, 0.1) is 22.4 Å². The number of allylic oxidation sites excluding steroid dienone is 1. The van der Waals surface area contributed by atoms with E-state index in [4.69, 9.17) is 4.74 Å². The smallest absolute Gasteiger partial charge is 0.331 e. The van der Waals surface area contributed by atoms with Crippen LogP contribution in [-0.4, -0.2) is 46.9 Å². The molecule has 2 aromatic carbocycles. The molecule has 0 aliphatic carbocycles. The minimum absolute atomic E-state index is 0.0410. The lowest BCUT2D eigenvalue weighted by Crippen LogP contribution is -2.49. The molecule has 6 rings (SSSR count).